The van der Waals surface area contributed by atoms with Crippen LogP contribution >= 0.6 is 11.8 Å². The molecule has 9 atom stereocenters. The first-order valence-electron chi connectivity index (χ1n) is 24.8. The van der Waals surface area contributed by atoms with Crippen LogP contribution in [-0.2, 0) is 30.5 Å². The van der Waals surface area contributed by atoms with Crippen LogP contribution in [0.4, 0.5) is 5.69 Å². The highest BCUT2D eigenvalue weighted by Gasteiger charge is 2.52. The number of benzene rings is 1. The zero-order valence-electron chi connectivity index (χ0n) is 40.4. The standard InChI is InChI=1S/C52H86N4O6S/c1-35(2)12-9-13-38(6)44-23-24-45-40(14-10-28-52(44,45)7)18-19-41-33-43(22-15-37(41)5)62-30-11-29-53-48(58)25-26-49(59)55-47(32-36(3)4)51(61)56-46(27-31-63-8)50(60)54-42-20-16-39(34-57)17-21-42/h16-17,19-21,35-38,40,43-47,57H,9-15,18,22-34H2,1-8H3,(H,53,58)(H,54,60)(H,55,59)(H,56,61). The highest BCUT2D eigenvalue weighted by molar-refractivity contribution is 7.98. The van der Waals surface area contributed by atoms with Crippen molar-refractivity contribution in [1.82, 2.24) is 16.0 Å². The third-order valence-electron chi connectivity index (χ3n) is 14.8. The number of aliphatic hydroxyl groups is 1. The summed E-state index contributed by atoms with van der Waals surface area (Å²) in [6.45, 7) is 17.2. The van der Waals surface area contributed by atoms with Crippen LogP contribution in [0.5, 0.6) is 0 Å². The number of rotatable bonds is 26. The molecule has 3 aliphatic carbocycles. The number of nitrogens with one attached hydrogen (secondary N) is 4. The van der Waals surface area contributed by atoms with Gasteiger partial charge in [0.1, 0.15) is 12.1 Å². The van der Waals surface area contributed by atoms with E-state index in [4.69, 9.17) is 4.74 Å². The zero-order valence-corrected chi connectivity index (χ0v) is 41.2. The van der Waals surface area contributed by atoms with Crippen molar-refractivity contribution in [3.8, 4) is 0 Å². The number of hydrogen-bond acceptors (Lipinski definition) is 7. The highest BCUT2D eigenvalue weighted by atomic mass is 32.2. The monoisotopic (exact) mass is 895 g/mol. The van der Waals surface area contributed by atoms with Crippen molar-refractivity contribution in [3.63, 3.8) is 0 Å². The lowest BCUT2D eigenvalue weighted by atomic mass is 9.58. The second-order valence-electron chi connectivity index (χ2n) is 20.6. The van der Waals surface area contributed by atoms with Gasteiger partial charge in [-0.3, -0.25) is 19.2 Å². The van der Waals surface area contributed by atoms with Gasteiger partial charge in [-0.25, -0.2) is 0 Å². The Morgan fingerprint density at radius 3 is 2.32 bits per heavy atom. The smallest absolute Gasteiger partial charge is 0.246 e. The van der Waals surface area contributed by atoms with E-state index in [-0.39, 0.29) is 49.2 Å². The molecular weight excluding hydrogens is 809 g/mol. The van der Waals surface area contributed by atoms with E-state index in [0.29, 0.717) is 55.2 Å². The van der Waals surface area contributed by atoms with Crippen LogP contribution in [0.3, 0.4) is 0 Å². The Kier molecular flexibility index (Phi) is 22.5. The van der Waals surface area contributed by atoms with E-state index in [1.165, 1.54) is 57.8 Å². The lowest BCUT2D eigenvalue weighted by Gasteiger charge is -2.47. The molecule has 11 heteroatoms. The molecule has 4 rings (SSSR count). The maximum absolute atomic E-state index is 13.5. The first-order chi connectivity index (χ1) is 30.1. The minimum Gasteiger partial charge on any atom is -0.392 e. The maximum Gasteiger partial charge on any atom is 0.246 e. The number of hydrogen-bond donors (Lipinski definition) is 5. The number of aliphatic hydroxyl groups excluding tert-OH is 1. The fourth-order valence-corrected chi connectivity index (χ4v) is 11.6. The molecule has 5 N–H and O–H groups in total. The van der Waals surface area contributed by atoms with E-state index in [1.807, 2.05) is 20.1 Å². The van der Waals surface area contributed by atoms with Crippen molar-refractivity contribution < 1.29 is 29.0 Å². The normalized spacial score (nSPS) is 25.6. The molecule has 3 saturated carbocycles. The SMILES string of the molecule is CSCCC(NC(=O)C(CC(C)C)NC(=O)CCC(=O)NCCCOC1CCC(C)C(=CCC2CCCC3(C)C(C(C)CCCC(C)C)CCC23)C1)C(=O)Nc1ccc(CO)cc1. The third kappa shape index (κ3) is 17.1. The number of amides is 4. The molecule has 63 heavy (non-hydrogen) atoms. The van der Waals surface area contributed by atoms with Gasteiger partial charge < -0.3 is 31.1 Å². The van der Waals surface area contributed by atoms with Crippen molar-refractivity contribution >= 4 is 41.1 Å². The Morgan fingerprint density at radius 2 is 1.62 bits per heavy atom. The molecule has 0 spiro atoms. The maximum atomic E-state index is 13.5. The predicted molar refractivity (Wildman–Crippen MR) is 259 cm³/mol. The average Bonchev–Trinajstić information content (AvgIpc) is 3.61. The second-order valence-corrected chi connectivity index (χ2v) is 21.6. The van der Waals surface area contributed by atoms with Gasteiger partial charge in [-0.15, -0.1) is 0 Å². The number of carbonyl (C=O) groups excluding carboxylic acids is 4. The summed E-state index contributed by atoms with van der Waals surface area (Å²) in [5.74, 6) is 4.19. The highest BCUT2D eigenvalue weighted by Crippen LogP contribution is 2.60. The lowest BCUT2D eigenvalue weighted by Crippen LogP contribution is -2.53. The molecule has 0 radical (unpaired) electrons. The molecule has 0 bridgehead atoms. The van der Waals surface area contributed by atoms with Crippen LogP contribution in [0.1, 0.15) is 163 Å². The van der Waals surface area contributed by atoms with E-state index in [1.54, 1.807) is 41.6 Å². The number of ether oxygens (including phenoxy) is 1. The molecule has 3 fully saturated rings. The Morgan fingerprint density at radius 1 is 0.873 bits per heavy atom. The molecule has 356 valence electrons. The molecule has 0 aromatic heterocycles. The van der Waals surface area contributed by atoms with E-state index in [0.717, 1.165) is 54.4 Å². The van der Waals surface area contributed by atoms with Crippen LogP contribution in [0.25, 0.3) is 0 Å². The fourth-order valence-electron chi connectivity index (χ4n) is 11.1. The van der Waals surface area contributed by atoms with Gasteiger partial charge in [-0.1, -0.05) is 97.9 Å². The van der Waals surface area contributed by atoms with E-state index < -0.39 is 18.0 Å². The first kappa shape index (κ1) is 52.7. The molecule has 0 saturated heterocycles. The van der Waals surface area contributed by atoms with E-state index in [2.05, 4.69) is 62.0 Å². The summed E-state index contributed by atoms with van der Waals surface area (Å²) in [5, 5.41) is 20.8. The molecule has 3 aliphatic rings. The molecule has 4 amide bonds. The minimum atomic E-state index is -0.842. The van der Waals surface area contributed by atoms with Crippen LogP contribution in [0.15, 0.2) is 35.9 Å². The predicted octanol–water partition coefficient (Wildman–Crippen LogP) is 9.99. The average molecular weight is 895 g/mol. The fraction of sp³-hybridized carbons (Fsp3) is 0.769. The summed E-state index contributed by atoms with van der Waals surface area (Å²) >= 11 is 1.57. The number of fused-ring (bicyclic) bond motifs is 1. The molecule has 0 heterocycles. The Hall–Kier alpha value is -2.89. The summed E-state index contributed by atoms with van der Waals surface area (Å²) in [5.41, 5.74) is 3.38. The summed E-state index contributed by atoms with van der Waals surface area (Å²) in [4.78, 5) is 52.5. The summed E-state index contributed by atoms with van der Waals surface area (Å²) in [6.07, 6.45) is 21.9. The van der Waals surface area contributed by atoms with E-state index in [9.17, 15) is 24.3 Å². The number of anilines is 1. The quantitative estimate of drug-likeness (QED) is 0.0460. The Balaban J connectivity index is 1.16. The van der Waals surface area contributed by atoms with E-state index >= 15 is 0 Å². The van der Waals surface area contributed by atoms with Crippen molar-refractivity contribution in [2.24, 2.45) is 46.8 Å². The number of allylic oxidation sites excluding steroid dienone is 1. The van der Waals surface area contributed by atoms with Gasteiger partial charge in [-0.05, 0) is 147 Å². The van der Waals surface area contributed by atoms with Gasteiger partial charge >= 0.3 is 0 Å². The Bertz CT molecular complexity index is 1600. The zero-order chi connectivity index (χ0) is 45.9. The van der Waals surface area contributed by atoms with Crippen molar-refractivity contribution in [3.05, 3.63) is 41.5 Å². The topological polar surface area (TPSA) is 146 Å². The van der Waals surface area contributed by atoms with Crippen LogP contribution < -0.4 is 21.3 Å². The molecule has 0 aliphatic heterocycles. The van der Waals surface area contributed by atoms with Gasteiger partial charge in [0.25, 0.3) is 0 Å². The van der Waals surface area contributed by atoms with Crippen molar-refractivity contribution in [2.45, 2.75) is 182 Å². The van der Waals surface area contributed by atoms with Crippen molar-refractivity contribution in [2.75, 3.05) is 30.5 Å². The Labute approximate surface area is 385 Å². The molecule has 1 aromatic carbocycles. The van der Waals surface area contributed by atoms with Gasteiger partial charge in [0.05, 0.1) is 12.7 Å². The molecule has 10 nitrogen and oxygen atoms in total. The molecule has 1 aromatic rings. The van der Waals surface area contributed by atoms with Gasteiger partial charge in [0.15, 0.2) is 0 Å². The molecular formula is C52H86N4O6S. The summed E-state index contributed by atoms with van der Waals surface area (Å²) in [6, 6.07) is 5.22. The number of carbonyl (C=O) groups is 4. The largest absolute Gasteiger partial charge is 0.392 e. The summed E-state index contributed by atoms with van der Waals surface area (Å²) < 4.78 is 6.38. The van der Waals surface area contributed by atoms with Crippen LogP contribution in [0, 0.1) is 46.8 Å². The first-order valence-corrected chi connectivity index (χ1v) is 26.2. The number of thioether (sulfide) groups is 1. The second kappa shape index (κ2) is 26.9. The van der Waals surface area contributed by atoms with Gasteiger partial charge in [0.2, 0.25) is 23.6 Å². The molecule has 9 unspecified atom stereocenters. The van der Waals surface area contributed by atoms with Crippen LogP contribution in [0.2, 0.25) is 0 Å². The lowest BCUT2D eigenvalue weighted by molar-refractivity contribution is -0.132. The minimum absolute atomic E-state index is 0.0180. The van der Waals surface area contributed by atoms with Gasteiger partial charge in [0, 0.05) is 31.7 Å². The van der Waals surface area contributed by atoms with Crippen LogP contribution in [-0.4, -0.2) is 72.1 Å². The third-order valence-corrected chi connectivity index (χ3v) is 15.4. The van der Waals surface area contributed by atoms with Crippen molar-refractivity contribution in [1.29, 1.82) is 0 Å². The van der Waals surface area contributed by atoms with Gasteiger partial charge in [-0.2, -0.15) is 11.8 Å². The summed E-state index contributed by atoms with van der Waals surface area (Å²) in [7, 11) is 0.